The molecule has 0 saturated carbocycles. The first kappa shape index (κ1) is 9.90. The fourth-order valence-corrected chi connectivity index (χ4v) is 0.430. The van der Waals surface area contributed by atoms with Crippen molar-refractivity contribution in [3.8, 4) is 0 Å². The van der Waals surface area contributed by atoms with Crippen LogP contribution in [0.15, 0.2) is 0 Å². The second kappa shape index (κ2) is 4.68. The van der Waals surface area contributed by atoms with E-state index in [1.165, 1.54) is 0 Å². The summed E-state index contributed by atoms with van der Waals surface area (Å²) in [6.45, 7) is 1.72. The van der Waals surface area contributed by atoms with Gasteiger partial charge in [-0.25, -0.2) is 4.79 Å². The lowest BCUT2D eigenvalue weighted by Gasteiger charge is -2.06. The zero-order valence-corrected chi connectivity index (χ0v) is 6.20. The Hall–Kier alpha value is -1.10. The van der Waals surface area contributed by atoms with Gasteiger partial charge >= 0.3 is 11.9 Å². The van der Waals surface area contributed by atoms with Crippen molar-refractivity contribution in [3.63, 3.8) is 0 Å². The average Bonchev–Trinajstić information content (AvgIpc) is 1.99. The zero-order valence-electron chi connectivity index (χ0n) is 6.20. The number of aliphatic carboxylic acids is 1. The summed E-state index contributed by atoms with van der Waals surface area (Å²) in [6.07, 6.45) is -0.182. The number of nitrogens with one attached hydrogen (secondary N) is 1. The van der Waals surface area contributed by atoms with Crippen molar-refractivity contribution in [2.75, 3.05) is 6.54 Å². The van der Waals surface area contributed by atoms with Gasteiger partial charge in [-0.1, -0.05) is 6.92 Å². The second-order valence-electron chi connectivity index (χ2n) is 2.08. The van der Waals surface area contributed by atoms with Gasteiger partial charge in [-0.3, -0.25) is 4.79 Å². The minimum atomic E-state index is -1.53. The van der Waals surface area contributed by atoms with Gasteiger partial charge in [-0.15, -0.1) is 0 Å². The van der Waals surface area contributed by atoms with Crippen LogP contribution in [0, 0.1) is 0 Å². The first-order valence-corrected chi connectivity index (χ1v) is 3.27. The van der Waals surface area contributed by atoms with E-state index in [4.69, 9.17) is 10.2 Å². The standard InChI is InChI=1S/C6H11NO4/c1-2-4(8)3-7-5(9)6(10)11/h4,8H,2-3H2,1H3,(H,7,9)(H,10,11)/t4-/m0/s1. The lowest BCUT2D eigenvalue weighted by atomic mass is 10.3. The molecule has 0 aliphatic rings. The molecule has 0 aromatic heterocycles. The second-order valence-corrected chi connectivity index (χ2v) is 2.08. The van der Waals surface area contributed by atoms with Gasteiger partial charge in [0, 0.05) is 6.54 Å². The number of carbonyl (C=O) groups excluding carboxylic acids is 1. The quantitative estimate of drug-likeness (QED) is 0.461. The zero-order chi connectivity index (χ0) is 8.85. The Balaban J connectivity index is 3.54. The van der Waals surface area contributed by atoms with Crippen LogP contribution < -0.4 is 5.32 Å². The van der Waals surface area contributed by atoms with Crippen molar-refractivity contribution in [3.05, 3.63) is 0 Å². The van der Waals surface area contributed by atoms with E-state index < -0.39 is 18.0 Å². The lowest BCUT2D eigenvalue weighted by Crippen LogP contribution is -2.36. The predicted molar refractivity (Wildman–Crippen MR) is 36.9 cm³/mol. The van der Waals surface area contributed by atoms with Crippen LogP contribution in [0.4, 0.5) is 0 Å². The van der Waals surface area contributed by atoms with Crippen molar-refractivity contribution < 1.29 is 19.8 Å². The van der Waals surface area contributed by atoms with E-state index in [0.717, 1.165) is 0 Å². The molecule has 0 aliphatic heterocycles. The third-order valence-corrected chi connectivity index (χ3v) is 1.16. The van der Waals surface area contributed by atoms with Gasteiger partial charge in [0.1, 0.15) is 0 Å². The molecule has 0 aromatic carbocycles. The van der Waals surface area contributed by atoms with E-state index in [1.54, 1.807) is 6.92 Å². The van der Waals surface area contributed by atoms with Gasteiger partial charge in [0.05, 0.1) is 6.10 Å². The Kier molecular flexibility index (Phi) is 4.21. The first-order valence-electron chi connectivity index (χ1n) is 3.27. The minimum absolute atomic E-state index is 0.0123. The Morgan fingerprint density at radius 1 is 1.55 bits per heavy atom. The van der Waals surface area contributed by atoms with Crippen molar-refractivity contribution in [1.82, 2.24) is 5.32 Å². The van der Waals surface area contributed by atoms with Gasteiger partial charge in [0.25, 0.3) is 0 Å². The summed E-state index contributed by atoms with van der Waals surface area (Å²) in [5.41, 5.74) is 0. The molecule has 5 nitrogen and oxygen atoms in total. The van der Waals surface area contributed by atoms with Crippen molar-refractivity contribution >= 4 is 11.9 Å². The maximum atomic E-state index is 10.3. The number of aliphatic hydroxyl groups is 1. The third kappa shape index (κ3) is 4.32. The summed E-state index contributed by atoms with van der Waals surface area (Å²) in [5.74, 6) is -2.62. The molecule has 5 heteroatoms. The fourth-order valence-electron chi connectivity index (χ4n) is 0.430. The van der Waals surface area contributed by atoms with E-state index in [-0.39, 0.29) is 6.54 Å². The molecule has 64 valence electrons. The summed E-state index contributed by atoms with van der Waals surface area (Å²) in [4.78, 5) is 20.2. The maximum absolute atomic E-state index is 10.3. The van der Waals surface area contributed by atoms with Crippen LogP contribution in [-0.2, 0) is 9.59 Å². The molecule has 0 aromatic rings. The van der Waals surface area contributed by atoms with Crippen LogP contribution in [0.3, 0.4) is 0 Å². The molecule has 0 aliphatic carbocycles. The van der Waals surface area contributed by atoms with Gasteiger partial charge in [0.2, 0.25) is 0 Å². The molecule has 11 heavy (non-hydrogen) atoms. The minimum Gasteiger partial charge on any atom is -0.474 e. The highest BCUT2D eigenvalue weighted by molar-refractivity contribution is 6.31. The van der Waals surface area contributed by atoms with Crippen LogP contribution in [0.25, 0.3) is 0 Å². The number of hydrogen-bond acceptors (Lipinski definition) is 3. The molecular weight excluding hydrogens is 150 g/mol. The van der Waals surface area contributed by atoms with Crippen molar-refractivity contribution in [2.24, 2.45) is 0 Å². The summed E-state index contributed by atoms with van der Waals surface area (Å²) >= 11 is 0. The van der Waals surface area contributed by atoms with E-state index in [0.29, 0.717) is 6.42 Å². The van der Waals surface area contributed by atoms with Crippen LogP contribution in [0.2, 0.25) is 0 Å². The number of aliphatic hydroxyl groups excluding tert-OH is 1. The van der Waals surface area contributed by atoms with Gasteiger partial charge in [0.15, 0.2) is 0 Å². The molecule has 0 heterocycles. The monoisotopic (exact) mass is 161 g/mol. The first-order chi connectivity index (χ1) is 5.07. The topological polar surface area (TPSA) is 86.6 Å². The molecule has 0 saturated heterocycles. The summed E-state index contributed by atoms with van der Waals surface area (Å²) in [5, 5.41) is 19.0. The van der Waals surface area contributed by atoms with Gasteiger partial charge in [-0.2, -0.15) is 0 Å². The number of carboxylic acids is 1. The highest BCUT2D eigenvalue weighted by Crippen LogP contribution is 1.85. The number of hydrogen-bond donors (Lipinski definition) is 3. The molecule has 0 rings (SSSR count). The molecular formula is C6H11NO4. The molecule has 3 N–H and O–H groups in total. The molecule has 1 atom stereocenters. The Morgan fingerprint density at radius 3 is 2.45 bits per heavy atom. The van der Waals surface area contributed by atoms with E-state index in [2.05, 4.69) is 0 Å². The third-order valence-electron chi connectivity index (χ3n) is 1.16. The van der Waals surface area contributed by atoms with Crippen LogP contribution in [-0.4, -0.2) is 34.7 Å². The normalized spacial score (nSPS) is 12.2. The van der Waals surface area contributed by atoms with Gasteiger partial charge < -0.3 is 15.5 Å². The largest absolute Gasteiger partial charge is 0.474 e. The summed E-state index contributed by atoms with van der Waals surface area (Å²) in [7, 11) is 0. The number of carbonyl (C=O) groups is 2. The fraction of sp³-hybridized carbons (Fsp3) is 0.667. The smallest absolute Gasteiger partial charge is 0.394 e. The Labute approximate surface area is 64.0 Å². The van der Waals surface area contributed by atoms with Crippen LogP contribution in [0.1, 0.15) is 13.3 Å². The highest BCUT2D eigenvalue weighted by Gasteiger charge is 2.11. The molecule has 0 bridgehead atoms. The van der Waals surface area contributed by atoms with Gasteiger partial charge in [-0.05, 0) is 6.42 Å². The summed E-state index contributed by atoms with van der Waals surface area (Å²) in [6, 6.07) is 0. The van der Waals surface area contributed by atoms with Crippen molar-refractivity contribution in [2.45, 2.75) is 19.4 Å². The Bertz CT molecular complexity index is 157. The molecule has 0 fully saturated rings. The number of carboxylic acid groups (broad SMARTS) is 1. The van der Waals surface area contributed by atoms with E-state index in [9.17, 15) is 9.59 Å². The number of amides is 1. The highest BCUT2D eigenvalue weighted by atomic mass is 16.4. The molecule has 1 amide bonds. The molecule has 0 unspecified atom stereocenters. The van der Waals surface area contributed by atoms with Crippen LogP contribution >= 0.6 is 0 Å². The van der Waals surface area contributed by atoms with E-state index in [1.807, 2.05) is 5.32 Å². The maximum Gasteiger partial charge on any atom is 0.394 e. The predicted octanol–water partition coefficient (Wildman–Crippen LogP) is -1.04. The molecule has 0 spiro atoms. The van der Waals surface area contributed by atoms with E-state index >= 15 is 0 Å². The summed E-state index contributed by atoms with van der Waals surface area (Å²) < 4.78 is 0. The number of rotatable bonds is 3. The average molecular weight is 161 g/mol. The Morgan fingerprint density at radius 2 is 2.09 bits per heavy atom. The van der Waals surface area contributed by atoms with Crippen LogP contribution in [0.5, 0.6) is 0 Å². The lowest BCUT2D eigenvalue weighted by molar-refractivity contribution is -0.150. The SMILES string of the molecule is CC[C@H](O)CNC(=O)C(=O)O. The van der Waals surface area contributed by atoms with Crippen molar-refractivity contribution in [1.29, 1.82) is 0 Å². The molecule has 0 radical (unpaired) electrons.